The van der Waals surface area contributed by atoms with Crippen molar-refractivity contribution in [1.82, 2.24) is 15.2 Å². The lowest BCUT2D eigenvalue weighted by molar-refractivity contribution is -0.138. The maximum atomic E-state index is 13.3. The summed E-state index contributed by atoms with van der Waals surface area (Å²) in [6.07, 6.45) is 0.768. The monoisotopic (exact) mass is 444 g/mol. The van der Waals surface area contributed by atoms with Crippen LogP contribution in [0.4, 0.5) is 24.7 Å². The first-order valence-corrected chi connectivity index (χ1v) is 10.6. The summed E-state index contributed by atoms with van der Waals surface area (Å²) in [4.78, 5) is 6.77. The van der Waals surface area contributed by atoms with Gasteiger partial charge in [0.05, 0.1) is 35.2 Å². The number of fused-ring (bicyclic) bond motifs is 1. The molecule has 3 aromatic rings. The molecule has 3 heterocycles. The van der Waals surface area contributed by atoms with Gasteiger partial charge < -0.3 is 16.0 Å². The van der Waals surface area contributed by atoms with Crippen LogP contribution in [0.25, 0.3) is 10.9 Å². The second-order valence-corrected chi connectivity index (χ2v) is 8.84. The maximum absolute atomic E-state index is 13.3. The number of pyridine rings is 1. The third kappa shape index (κ3) is 4.48. The number of benzene rings is 1. The van der Waals surface area contributed by atoms with E-state index in [0.717, 1.165) is 43.1 Å². The van der Waals surface area contributed by atoms with Crippen LogP contribution in [-0.4, -0.2) is 33.8 Å². The van der Waals surface area contributed by atoms with Crippen molar-refractivity contribution in [3.05, 3.63) is 53.3 Å². The van der Waals surface area contributed by atoms with Crippen molar-refractivity contribution in [3.8, 4) is 0 Å². The summed E-state index contributed by atoms with van der Waals surface area (Å²) in [6, 6.07) is 5.82. The fraction of sp³-hybridized carbons (Fsp3) is 0.435. The lowest BCUT2D eigenvalue weighted by Gasteiger charge is -2.37. The largest absolute Gasteiger partial charge is 0.416 e. The first-order chi connectivity index (χ1) is 15.0. The Labute approximate surface area is 185 Å². The lowest BCUT2D eigenvalue weighted by atomic mass is 9.91. The van der Waals surface area contributed by atoms with Gasteiger partial charge in [0.1, 0.15) is 0 Å². The zero-order valence-corrected chi connectivity index (χ0v) is 18.4. The van der Waals surface area contributed by atoms with E-state index in [9.17, 15) is 13.2 Å². The molecule has 1 fully saturated rings. The summed E-state index contributed by atoms with van der Waals surface area (Å²) >= 11 is 0. The van der Waals surface area contributed by atoms with E-state index in [4.69, 9.17) is 5.73 Å². The summed E-state index contributed by atoms with van der Waals surface area (Å²) in [5, 5.41) is 12.3. The average Bonchev–Trinajstić information content (AvgIpc) is 2.73. The molecule has 9 heteroatoms. The van der Waals surface area contributed by atoms with Gasteiger partial charge in [0.25, 0.3) is 0 Å². The Balaban J connectivity index is 1.64. The lowest BCUT2D eigenvalue weighted by Crippen LogP contribution is -2.48. The van der Waals surface area contributed by atoms with Gasteiger partial charge in [-0.25, -0.2) is 0 Å². The molecule has 32 heavy (non-hydrogen) atoms. The van der Waals surface area contributed by atoms with Gasteiger partial charge in [-0.1, -0.05) is 12.1 Å². The van der Waals surface area contributed by atoms with Crippen LogP contribution in [0.2, 0.25) is 0 Å². The minimum atomic E-state index is -4.40. The number of nitrogens with one attached hydrogen (secondary N) is 1. The highest BCUT2D eigenvalue weighted by atomic mass is 19.4. The van der Waals surface area contributed by atoms with E-state index in [1.54, 1.807) is 12.3 Å². The van der Waals surface area contributed by atoms with Crippen molar-refractivity contribution in [1.29, 1.82) is 0 Å². The van der Waals surface area contributed by atoms with Crippen LogP contribution in [0.15, 0.2) is 36.7 Å². The van der Waals surface area contributed by atoms with Crippen LogP contribution < -0.4 is 16.0 Å². The first kappa shape index (κ1) is 22.3. The number of alkyl halides is 3. The topological polar surface area (TPSA) is 80.0 Å². The predicted octanol–water partition coefficient (Wildman–Crippen LogP) is 4.84. The fourth-order valence-corrected chi connectivity index (χ4v) is 4.22. The number of nitrogens with two attached hydrogens (primary N) is 1. The number of piperidine rings is 1. The predicted molar refractivity (Wildman–Crippen MR) is 120 cm³/mol. The van der Waals surface area contributed by atoms with E-state index in [0.29, 0.717) is 16.9 Å². The van der Waals surface area contributed by atoms with Crippen LogP contribution >= 0.6 is 0 Å². The smallest absolute Gasteiger partial charge is 0.370 e. The molecule has 3 N–H and O–H groups in total. The number of nitrogens with zero attached hydrogens (tertiary/aromatic N) is 4. The summed E-state index contributed by atoms with van der Waals surface area (Å²) in [5.41, 5.74) is 7.85. The number of hydrogen-bond donors (Lipinski definition) is 2. The molecule has 0 amide bonds. The summed E-state index contributed by atoms with van der Waals surface area (Å²) in [5.74, 6) is 0.488. The quantitative estimate of drug-likeness (QED) is 0.599. The highest BCUT2D eigenvalue weighted by molar-refractivity contribution is 5.90. The molecule has 170 valence electrons. The third-order valence-corrected chi connectivity index (χ3v) is 6.27. The molecule has 1 aliphatic heterocycles. The molecule has 1 atom stereocenters. The number of anilines is 2. The van der Waals surface area contributed by atoms with Crippen molar-refractivity contribution in [2.45, 2.75) is 51.4 Å². The van der Waals surface area contributed by atoms with Crippen LogP contribution in [0.3, 0.4) is 0 Å². The minimum Gasteiger partial charge on any atom is -0.370 e. The Kier molecular flexibility index (Phi) is 5.70. The van der Waals surface area contributed by atoms with Gasteiger partial charge in [0.2, 0.25) is 0 Å². The van der Waals surface area contributed by atoms with E-state index in [1.165, 1.54) is 13.0 Å². The fourth-order valence-electron chi connectivity index (χ4n) is 4.22. The molecular weight excluding hydrogens is 417 g/mol. The van der Waals surface area contributed by atoms with E-state index in [2.05, 4.69) is 32.3 Å². The molecule has 1 saturated heterocycles. The standard InChI is InChI=1S/C23H27F3N6/c1-14-17(5-4-6-19(14)23(24,25)26)15(2)30-21-18-11-16(12-28-20(18)13-29-31-21)32-9-7-22(3,27)8-10-32/h4-6,11-13,15H,7-10,27H2,1-3H3,(H,30,31)/t15-/m1/s1. The Morgan fingerprint density at radius 2 is 1.91 bits per heavy atom. The molecule has 1 aromatic carbocycles. The van der Waals surface area contributed by atoms with Gasteiger partial charge >= 0.3 is 6.18 Å². The number of hydrogen-bond acceptors (Lipinski definition) is 6. The van der Waals surface area contributed by atoms with Crippen LogP contribution in [0.1, 0.15) is 49.4 Å². The van der Waals surface area contributed by atoms with Crippen molar-refractivity contribution in [3.63, 3.8) is 0 Å². The van der Waals surface area contributed by atoms with Crippen molar-refractivity contribution >= 4 is 22.4 Å². The SMILES string of the molecule is Cc1c([C@@H](C)Nc2nncc3ncc(N4CCC(C)(N)CC4)cc23)cccc1C(F)(F)F. The van der Waals surface area contributed by atoms with Gasteiger partial charge in [-0.05, 0) is 56.9 Å². The summed E-state index contributed by atoms with van der Waals surface area (Å²) in [7, 11) is 0. The second kappa shape index (κ2) is 8.20. The van der Waals surface area contributed by atoms with Crippen LogP contribution in [-0.2, 0) is 6.18 Å². The third-order valence-electron chi connectivity index (χ3n) is 6.27. The molecule has 0 spiro atoms. The molecule has 0 radical (unpaired) electrons. The minimum absolute atomic E-state index is 0.156. The van der Waals surface area contributed by atoms with Crippen molar-refractivity contribution < 1.29 is 13.2 Å². The highest BCUT2D eigenvalue weighted by Crippen LogP contribution is 2.36. The molecule has 4 rings (SSSR count). The van der Waals surface area contributed by atoms with Gasteiger partial charge in [-0.2, -0.15) is 18.3 Å². The summed E-state index contributed by atoms with van der Waals surface area (Å²) < 4.78 is 40.0. The first-order valence-electron chi connectivity index (χ1n) is 10.6. The number of aromatic nitrogens is 3. The van der Waals surface area contributed by atoms with Crippen molar-refractivity contribution in [2.75, 3.05) is 23.3 Å². The summed E-state index contributed by atoms with van der Waals surface area (Å²) in [6.45, 7) is 7.04. The van der Waals surface area contributed by atoms with Crippen LogP contribution in [0.5, 0.6) is 0 Å². The Bertz CT molecular complexity index is 1120. The molecule has 0 saturated carbocycles. The average molecular weight is 445 g/mol. The van der Waals surface area contributed by atoms with E-state index in [1.807, 2.05) is 19.2 Å². The van der Waals surface area contributed by atoms with Gasteiger partial charge in [0.15, 0.2) is 5.82 Å². The molecule has 6 nitrogen and oxygen atoms in total. The van der Waals surface area contributed by atoms with Gasteiger partial charge in [0, 0.05) is 24.0 Å². The maximum Gasteiger partial charge on any atom is 0.416 e. The molecule has 1 aliphatic rings. The number of halogens is 3. The molecule has 0 aliphatic carbocycles. The Hall–Kier alpha value is -2.94. The zero-order chi connectivity index (χ0) is 23.1. The van der Waals surface area contributed by atoms with Crippen LogP contribution in [0, 0.1) is 6.92 Å². The molecule has 0 unspecified atom stereocenters. The highest BCUT2D eigenvalue weighted by Gasteiger charge is 2.33. The Morgan fingerprint density at radius 3 is 2.59 bits per heavy atom. The van der Waals surface area contributed by atoms with Gasteiger partial charge in [-0.15, -0.1) is 5.10 Å². The van der Waals surface area contributed by atoms with Crippen molar-refractivity contribution in [2.24, 2.45) is 5.73 Å². The molecular formula is C23H27F3N6. The Morgan fingerprint density at radius 1 is 1.19 bits per heavy atom. The van der Waals surface area contributed by atoms with Gasteiger partial charge in [-0.3, -0.25) is 4.98 Å². The molecule has 0 bridgehead atoms. The number of rotatable bonds is 4. The van der Waals surface area contributed by atoms with E-state index in [-0.39, 0.29) is 11.1 Å². The van der Waals surface area contributed by atoms with E-state index >= 15 is 0 Å². The zero-order valence-electron chi connectivity index (χ0n) is 18.4. The molecule has 2 aromatic heterocycles. The van der Waals surface area contributed by atoms with E-state index < -0.39 is 17.8 Å². The normalized spacial score (nSPS) is 17.4. The second-order valence-electron chi connectivity index (χ2n) is 8.84.